The van der Waals surface area contributed by atoms with Gasteiger partial charge in [-0.1, -0.05) is 24.3 Å². The van der Waals surface area contributed by atoms with Crippen LogP contribution in [0, 0.1) is 0 Å². The third-order valence-electron chi connectivity index (χ3n) is 5.11. The van der Waals surface area contributed by atoms with Gasteiger partial charge in [0, 0.05) is 10.0 Å². The number of ether oxygens (including phenoxy) is 2. The molecule has 0 unspecified atom stereocenters. The first-order chi connectivity index (χ1) is 17.3. The summed E-state index contributed by atoms with van der Waals surface area (Å²) in [6.45, 7) is 2.26. The topological polar surface area (TPSA) is 123 Å². The molecule has 0 saturated carbocycles. The van der Waals surface area contributed by atoms with Crippen molar-refractivity contribution in [1.29, 1.82) is 0 Å². The van der Waals surface area contributed by atoms with E-state index in [9.17, 15) is 19.5 Å². The molecular formula is C25H19Br2N3O6. The third kappa shape index (κ3) is 5.26. The van der Waals surface area contributed by atoms with E-state index >= 15 is 0 Å². The van der Waals surface area contributed by atoms with Gasteiger partial charge in [0.2, 0.25) is 0 Å². The summed E-state index contributed by atoms with van der Waals surface area (Å²) in [7, 11) is 0. The average Bonchev–Trinajstić information content (AvgIpc) is 2.86. The number of aromatic amines is 1. The predicted octanol–water partition coefficient (Wildman–Crippen LogP) is 4.77. The van der Waals surface area contributed by atoms with Crippen LogP contribution in [0.5, 0.6) is 11.5 Å². The highest BCUT2D eigenvalue weighted by atomic mass is 79.9. The van der Waals surface area contributed by atoms with Crippen molar-refractivity contribution in [3.05, 3.63) is 101 Å². The summed E-state index contributed by atoms with van der Waals surface area (Å²) in [5.41, 5.74) is 0.558. The monoisotopic (exact) mass is 615 g/mol. The summed E-state index contributed by atoms with van der Waals surface area (Å²) in [5, 5.41) is 13.7. The van der Waals surface area contributed by atoms with Gasteiger partial charge in [-0.2, -0.15) is 5.10 Å². The summed E-state index contributed by atoms with van der Waals surface area (Å²) in [6.07, 6.45) is 1.36. The zero-order valence-electron chi connectivity index (χ0n) is 18.8. The number of hydrogen-bond acceptors (Lipinski definition) is 6. The number of aromatic carboxylic acids is 1. The maximum Gasteiger partial charge on any atom is 0.349 e. The lowest BCUT2D eigenvalue weighted by atomic mass is 10.1. The molecular weight excluding hydrogens is 598 g/mol. The quantitative estimate of drug-likeness (QED) is 0.275. The summed E-state index contributed by atoms with van der Waals surface area (Å²) in [4.78, 5) is 39.1. The van der Waals surface area contributed by atoms with Crippen LogP contribution in [0.25, 0.3) is 10.9 Å². The lowest BCUT2D eigenvalue weighted by molar-refractivity contribution is 0.0696. The van der Waals surface area contributed by atoms with Gasteiger partial charge in [-0.15, -0.1) is 4.68 Å². The Balaban J connectivity index is 1.69. The maximum absolute atomic E-state index is 12.8. The van der Waals surface area contributed by atoms with Gasteiger partial charge in [-0.05, 0) is 74.7 Å². The number of hydrogen-bond donors (Lipinski definition) is 2. The van der Waals surface area contributed by atoms with Gasteiger partial charge in [0.15, 0.2) is 11.5 Å². The molecule has 0 spiro atoms. The number of rotatable bonds is 8. The second-order valence-electron chi connectivity index (χ2n) is 7.49. The van der Waals surface area contributed by atoms with Crippen LogP contribution in [0.4, 0.5) is 0 Å². The van der Waals surface area contributed by atoms with E-state index in [-0.39, 0.29) is 12.2 Å². The fourth-order valence-corrected chi connectivity index (χ4v) is 4.36. The van der Waals surface area contributed by atoms with Crippen molar-refractivity contribution in [2.45, 2.75) is 13.5 Å². The van der Waals surface area contributed by atoms with Crippen LogP contribution in [0.2, 0.25) is 0 Å². The van der Waals surface area contributed by atoms with Crippen molar-refractivity contribution in [1.82, 2.24) is 9.66 Å². The fourth-order valence-electron chi connectivity index (χ4n) is 3.42. The van der Waals surface area contributed by atoms with Gasteiger partial charge in [0.25, 0.3) is 5.56 Å². The standard InChI is InChI=1S/C25H19Br2N3O6/c1-2-35-19-11-16(12-28-30-23(31)17-8-3-4-9-18(17)29-25(30)34)20(26)21(27)22(19)36-13-14-6-5-7-15(10-14)24(32)33/h3-12H,2,13H2,1H3,(H,29,34)(H,32,33). The number of para-hydroxylation sites is 1. The van der Waals surface area contributed by atoms with E-state index in [2.05, 4.69) is 41.9 Å². The molecule has 0 aliphatic rings. The average molecular weight is 617 g/mol. The van der Waals surface area contributed by atoms with Crippen molar-refractivity contribution in [2.75, 3.05) is 6.61 Å². The summed E-state index contributed by atoms with van der Waals surface area (Å²) < 4.78 is 13.6. The van der Waals surface area contributed by atoms with Crippen molar-refractivity contribution in [3.63, 3.8) is 0 Å². The molecule has 0 amide bonds. The number of carboxylic acids is 1. The van der Waals surface area contributed by atoms with E-state index in [0.29, 0.717) is 49.1 Å². The molecule has 9 nitrogen and oxygen atoms in total. The highest BCUT2D eigenvalue weighted by molar-refractivity contribution is 9.13. The van der Waals surface area contributed by atoms with Crippen LogP contribution in [0.15, 0.2) is 78.2 Å². The number of nitrogens with zero attached hydrogens (tertiary/aromatic N) is 2. The highest BCUT2D eigenvalue weighted by Gasteiger charge is 2.18. The second kappa shape index (κ2) is 10.9. The number of fused-ring (bicyclic) bond motifs is 1. The Hall–Kier alpha value is -3.70. The Morgan fingerprint density at radius 3 is 2.61 bits per heavy atom. The SMILES string of the molecule is CCOc1cc(C=Nn2c(=O)[nH]c3ccccc3c2=O)c(Br)c(Br)c1OCc1cccc(C(=O)O)c1. The first-order valence-electron chi connectivity index (χ1n) is 10.7. The molecule has 0 fully saturated rings. The van der Waals surface area contributed by atoms with Gasteiger partial charge in [-0.25, -0.2) is 9.59 Å². The number of benzene rings is 3. The van der Waals surface area contributed by atoms with E-state index in [1.54, 1.807) is 42.5 Å². The van der Waals surface area contributed by atoms with Gasteiger partial charge in [0.05, 0.1) is 33.8 Å². The van der Waals surface area contributed by atoms with E-state index in [4.69, 9.17) is 9.47 Å². The second-order valence-corrected chi connectivity index (χ2v) is 9.07. The number of carbonyl (C=O) groups is 1. The smallest absolute Gasteiger partial charge is 0.349 e. The first kappa shape index (κ1) is 25.4. The molecule has 1 heterocycles. The van der Waals surface area contributed by atoms with E-state index in [0.717, 1.165) is 4.68 Å². The van der Waals surface area contributed by atoms with Crippen molar-refractivity contribution >= 4 is 54.9 Å². The molecule has 0 radical (unpaired) electrons. The van der Waals surface area contributed by atoms with E-state index in [1.165, 1.54) is 18.3 Å². The third-order valence-corrected chi connectivity index (χ3v) is 7.25. The van der Waals surface area contributed by atoms with E-state index < -0.39 is 17.2 Å². The lowest BCUT2D eigenvalue weighted by Gasteiger charge is -2.16. The molecule has 0 atom stereocenters. The Bertz CT molecular complexity index is 1610. The van der Waals surface area contributed by atoms with Gasteiger partial charge >= 0.3 is 11.7 Å². The zero-order valence-corrected chi connectivity index (χ0v) is 22.0. The van der Waals surface area contributed by atoms with Crippen LogP contribution in [-0.4, -0.2) is 33.6 Å². The molecule has 0 aliphatic heterocycles. The molecule has 184 valence electrons. The molecule has 4 rings (SSSR count). The fraction of sp³-hybridized carbons (Fsp3) is 0.120. The molecule has 11 heteroatoms. The molecule has 0 saturated heterocycles. The number of aromatic nitrogens is 2. The predicted molar refractivity (Wildman–Crippen MR) is 143 cm³/mol. The molecule has 2 N–H and O–H groups in total. The van der Waals surface area contributed by atoms with Crippen LogP contribution in [-0.2, 0) is 6.61 Å². The van der Waals surface area contributed by atoms with Crippen LogP contribution in [0.1, 0.15) is 28.4 Å². The van der Waals surface area contributed by atoms with E-state index in [1.807, 2.05) is 6.92 Å². The van der Waals surface area contributed by atoms with Crippen LogP contribution < -0.4 is 20.7 Å². The molecule has 3 aromatic carbocycles. The van der Waals surface area contributed by atoms with Crippen LogP contribution in [0.3, 0.4) is 0 Å². The minimum atomic E-state index is -1.02. The van der Waals surface area contributed by atoms with Gasteiger partial charge < -0.3 is 19.6 Å². The number of halogens is 2. The lowest BCUT2D eigenvalue weighted by Crippen LogP contribution is -2.32. The molecule has 0 bridgehead atoms. The first-order valence-corrected chi connectivity index (χ1v) is 12.3. The minimum absolute atomic E-state index is 0.0987. The number of H-pyrrole nitrogens is 1. The molecule has 0 aliphatic carbocycles. The van der Waals surface area contributed by atoms with Gasteiger partial charge in [0.1, 0.15) is 6.61 Å². The molecule has 36 heavy (non-hydrogen) atoms. The maximum atomic E-state index is 12.8. The highest BCUT2D eigenvalue weighted by Crippen LogP contribution is 2.42. The van der Waals surface area contributed by atoms with Gasteiger partial charge in [-0.3, -0.25) is 4.79 Å². The summed E-state index contributed by atoms with van der Waals surface area (Å²) >= 11 is 7.01. The largest absolute Gasteiger partial charge is 0.490 e. The number of nitrogens with one attached hydrogen (secondary N) is 1. The van der Waals surface area contributed by atoms with Crippen molar-refractivity contribution in [3.8, 4) is 11.5 Å². The normalized spacial score (nSPS) is 11.2. The number of carboxylic acid groups (broad SMARTS) is 1. The summed E-state index contributed by atoms with van der Waals surface area (Å²) in [6, 6.07) is 14.8. The van der Waals surface area contributed by atoms with Crippen molar-refractivity contribution < 1.29 is 19.4 Å². The Morgan fingerprint density at radius 1 is 1.08 bits per heavy atom. The Kier molecular flexibility index (Phi) is 7.70. The van der Waals surface area contributed by atoms with Crippen LogP contribution >= 0.6 is 31.9 Å². The molecule has 1 aromatic heterocycles. The van der Waals surface area contributed by atoms with Crippen molar-refractivity contribution in [2.24, 2.45) is 5.10 Å². The molecule has 4 aromatic rings. The summed E-state index contributed by atoms with van der Waals surface area (Å²) in [5.74, 6) is -0.241. The Morgan fingerprint density at radius 2 is 1.86 bits per heavy atom. The minimum Gasteiger partial charge on any atom is -0.490 e. The Labute approximate surface area is 221 Å². The zero-order chi connectivity index (χ0) is 25.8.